The number of amides is 1. The Labute approximate surface area is 162 Å². The van der Waals surface area contributed by atoms with E-state index >= 15 is 0 Å². The van der Waals surface area contributed by atoms with Gasteiger partial charge in [-0.15, -0.1) is 0 Å². The molecule has 0 aromatic rings. The van der Waals surface area contributed by atoms with Gasteiger partial charge in [-0.1, -0.05) is 0 Å². The number of nitrogens with one attached hydrogen (secondary N) is 2. The summed E-state index contributed by atoms with van der Waals surface area (Å²) in [5, 5.41) is 3.57. The standard InChI is InChI=1S/C18H33N5O3S/c1-22(2)27(25,26)21-18-9-13-6-14(10-18)8-17(7-13,12-18)20-11-16(24)23-5-3-4-15(23)19/h13-15,20-21H,3-12,19H2,1-2H3/t13?,14?,15-,17?,18?/m0/s1. The summed E-state index contributed by atoms with van der Waals surface area (Å²) >= 11 is 0. The summed E-state index contributed by atoms with van der Waals surface area (Å²) in [5.41, 5.74) is 5.51. The van der Waals surface area contributed by atoms with Crippen LogP contribution in [0.4, 0.5) is 0 Å². The molecule has 4 bridgehead atoms. The molecule has 8 nitrogen and oxygen atoms in total. The molecule has 1 amide bonds. The van der Waals surface area contributed by atoms with Crippen LogP contribution >= 0.6 is 0 Å². The van der Waals surface area contributed by atoms with Crippen LogP contribution in [0.25, 0.3) is 0 Å². The smallest absolute Gasteiger partial charge is 0.279 e. The van der Waals surface area contributed by atoms with Crippen molar-refractivity contribution in [1.82, 2.24) is 19.2 Å². The van der Waals surface area contributed by atoms with Crippen molar-refractivity contribution in [2.75, 3.05) is 27.2 Å². The quantitative estimate of drug-likeness (QED) is 0.581. The Bertz CT molecular complexity index is 696. The summed E-state index contributed by atoms with van der Waals surface area (Å²) in [6.45, 7) is 1.04. The van der Waals surface area contributed by atoms with Gasteiger partial charge in [0.05, 0.1) is 12.7 Å². The van der Waals surface area contributed by atoms with Crippen LogP contribution in [0.1, 0.15) is 51.4 Å². The van der Waals surface area contributed by atoms with Crippen LogP contribution in [0.3, 0.4) is 0 Å². The number of likely N-dealkylation sites (tertiary alicyclic amines) is 1. The van der Waals surface area contributed by atoms with Gasteiger partial charge in [0.15, 0.2) is 0 Å². The van der Waals surface area contributed by atoms with Gasteiger partial charge >= 0.3 is 0 Å². The first-order valence-electron chi connectivity index (χ1n) is 10.1. The first-order chi connectivity index (χ1) is 12.6. The van der Waals surface area contributed by atoms with Crippen molar-refractivity contribution >= 4 is 16.1 Å². The van der Waals surface area contributed by atoms with E-state index in [2.05, 4.69) is 10.0 Å². The third kappa shape index (κ3) is 3.64. The highest BCUT2D eigenvalue weighted by Gasteiger charge is 2.58. The molecule has 9 heteroatoms. The van der Waals surface area contributed by atoms with Crippen molar-refractivity contribution in [3.63, 3.8) is 0 Å². The Hall–Kier alpha value is -0.740. The Morgan fingerprint density at radius 1 is 1.19 bits per heavy atom. The predicted octanol–water partition coefficient (Wildman–Crippen LogP) is -0.0294. The minimum atomic E-state index is -3.48. The molecule has 2 unspecified atom stereocenters. The molecule has 1 heterocycles. The Balaban J connectivity index is 1.48. The molecule has 154 valence electrons. The molecule has 0 aromatic heterocycles. The Kier molecular flexibility index (Phi) is 4.82. The number of rotatable bonds is 6. The van der Waals surface area contributed by atoms with Crippen LogP contribution in [0.15, 0.2) is 0 Å². The maximum atomic E-state index is 12.6. The van der Waals surface area contributed by atoms with Gasteiger partial charge in [-0.05, 0) is 63.2 Å². The van der Waals surface area contributed by atoms with Gasteiger partial charge in [-0.25, -0.2) is 0 Å². The van der Waals surface area contributed by atoms with Crippen molar-refractivity contribution < 1.29 is 13.2 Å². The van der Waals surface area contributed by atoms with E-state index in [9.17, 15) is 13.2 Å². The van der Waals surface area contributed by atoms with Gasteiger partial charge < -0.3 is 16.0 Å². The van der Waals surface area contributed by atoms with Gasteiger partial charge in [0, 0.05) is 31.7 Å². The normalized spacial score (nSPS) is 40.9. The molecule has 1 saturated heterocycles. The van der Waals surface area contributed by atoms with E-state index in [0.29, 0.717) is 18.4 Å². The van der Waals surface area contributed by atoms with Crippen molar-refractivity contribution in [3.8, 4) is 0 Å². The van der Waals surface area contributed by atoms with E-state index in [4.69, 9.17) is 5.73 Å². The van der Waals surface area contributed by atoms with Gasteiger partial charge in [0.1, 0.15) is 0 Å². The second kappa shape index (κ2) is 6.66. The van der Waals surface area contributed by atoms with E-state index < -0.39 is 10.2 Å². The molecule has 1 aliphatic heterocycles. The SMILES string of the molecule is CN(C)S(=O)(=O)NC12CC3CC(CC(NCC(=O)N4CCC[C@H]4N)(C3)C1)C2. The summed E-state index contributed by atoms with van der Waals surface area (Å²) in [6, 6.07) is 0. The van der Waals surface area contributed by atoms with Crippen LogP contribution in [0.2, 0.25) is 0 Å². The lowest BCUT2D eigenvalue weighted by Gasteiger charge is -2.62. The van der Waals surface area contributed by atoms with E-state index in [1.807, 2.05) is 0 Å². The molecule has 0 aromatic carbocycles. The average Bonchev–Trinajstić information content (AvgIpc) is 2.96. The summed E-state index contributed by atoms with van der Waals surface area (Å²) < 4.78 is 29.3. The molecule has 5 rings (SSSR count). The summed E-state index contributed by atoms with van der Waals surface area (Å²) in [7, 11) is -0.347. The zero-order chi connectivity index (χ0) is 19.4. The number of hydrogen-bond donors (Lipinski definition) is 3. The maximum absolute atomic E-state index is 12.6. The van der Waals surface area contributed by atoms with Crippen LogP contribution in [-0.2, 0) is 15.0 Å². The van der Waals surface area contributed by atoms with Gasteiger partial charge in [-0.3, -0.25) is 4.79 Å². The van der Waals surface area contributed by atoms with Gasteiger partial charge in [0.2, 0.25) is 5.91 Å². The van der Waals surface area contributed by atoms with E-state index in [0.717, 1.165) is 51.5 Å². The Morgan fingerprint density at radius 2 is 1.81 bits per heavy atom. The summed E-state index contributed by atoms with van der Waals surface area (Å²) in [6.07, 6.45) is 7.51. The molecule has 0 spiro atoms. The zero-order valence-corrected chi connectivity index (χ0v) is 17.2. The number of carbonyl (C=O) groups excluding carboxylic acids is 1. The zero-order valence-electron chi connectivity index (χ0n) is 16.4. The van der Waals surface area contributed by atoms with Crippen molar-refractivity contribution in [2.24, 2.45) is 17.6 Å². The highest BCUT2D eigenvalue weighted by atomic mass is 32.2. The lowest BCUT2D eigenvalue weighted by molar-refractivity contribution is -0.132. The van der Waals surface area contributed by atoms with Crippen molar-refractivity contribution in [3.05, 3.63) is 0 Å². The van der Waals surface area contributed by atoms with Crippen molar-refractivity contribution in [1.29, 1.82) is 0 Å². The van der Waals surface area contributed by atoms with Crippen LogP contribution < -0.4 is 15.8 Å². The van der Waals surface area contributed by atoms with E-state index in [1.54, 1.807) is 19.0 Å². The fraction of sp³-hybridized carbons (Fsp3) is 0.944. The number of nitrogens with two attached hydrogens (primary N) is 1. The van der Waals surface area contributed by atoms with Crippen LogP contribution in [0.5, 0.6) is 0 Å². The van der Waals surface area contributed by atoms with Crippen LogP contribution in [0, 0.1) is 11.8 Å². The highest BCUT2D eigenvalue weighted by Crippen LogP contribution is 2.57. The molecule has 0 radical (unpaired) electrons. The molecule has 5 fully saturated rings. The minimum absolute atomic E-state index is 0.0682. The second-order valence-electron chi connectivity index (χ2n) is 9.56. The molecule has 4 N–H and O–H groups in total. The van der Waals surface area contributed by atoms with E-state index in [1.165, 1.54) is 10.7 Å². The first-order valence-corrected chi connectivity index (χ1v) is 11.6. The fourth-order valence-corrected chi connectivity index (χ4v) is 7.39. The third-order valence-electron chi connectivity index (χ3n) is 7.12. The first kappa shape index (κ1) is 19.6. The molecular weight excluding hydrogens is 366 g/mol. The lowest BCUT2D eigenvalue weighted by Crippen LogP contribution is -2.70. The van der Waals surface area contributed by atoms with E-state index in [-0.39, 0.29) is 23.2 Å². The lowest BCUT2D eigenvalue weighted by atomic mass is 9.50. The highest BCUT2D eigenvalue weighted by molar-refractivity contribution is 7.87. The summed E-state index contributed by atoms with van der Waals surface area (Å²) in [4.78, 5) is 14.4. The fourth-order valence-electron chi connectivity index (χ4n) is 6.42. The van der Waals surface area contributed by atoms with Crippen molar-refractivity contribution in [2.45, 2.75) is 68.6 Å². The second-order valence-corrected chi connectivity index (χ2v) is 11.4. The molecule has 3 atom stereocenters. The molecule has 5 aliphatic rings. The number of nitrogens with zero attached hydrogens (tertiary/aromatic N) is 2. The molecule has 4 aliphatic carbocycles. The molecular formula is C18H33N5O3S. The minimum Gasteiger partial charge on any atom is -0.326 e. The Morgan fingerprint density at radius 3 is 2.37 bits per heavy atom. The number of carbonyl (C=O) groups is 1. The molecule has 27 heavy (non-hydrogen) atoms. The topological polar surface area (TPSA) is 108 Å². The third-order valence-corrected chi connectivity index (χ3v) is 8.77. The average molecular weight is 400 g/mol. The molecule has 4 saturated carbocycles. The predicted molar refractivity (Wildman–Crippen MR) is 103 cm³/mol. The van der Waals surface area contributed by atoms with Gasteiger partial charge in [0.25, 0.3) is 10.2 Å². The van der Waals surface area contributed by atoms with Gasteiger partial charge in [-0.2, -0.15) is 17.4 Å². The van der Waals surface area contributed by atoms with Crippen LogP contribution in [-0.4, -0.2) is 68.0 Å². The monoisotopic (exact) mass is 399 g/mol. The largest absolute Gasteiger partial charge is 0.326 e. The number of hydrogen-bond acceptors (Lipinski definition) is 5. The maximum Gasteiger partial charge on any atom is 0.279 e. The summed E-state index contributed by atoms with van der Waals surface area (Å²) in [5.74, 6) is 1.11.